The molecule has 0 saturated carbocycles. The van der Waals surface area contributed by atoms with Crippen molar-refractivity contribution in [3.63, 3.8) is 0 Å². The van der Waals surface area contributed by atoms with Crippen molar-refractivity contribution in [1.82, 2.24) is 9.55 Å². The Kier molecular flexibility index (Phi) is 5.06. The lowest BCUT2D eigenvalue weighted by atomic mass is 10.1. The Morgan fingerprint density at radius 3 is 2.67 bits per heavy atom. The molecule has 2 aromatic carbocycles. The number of phenols is 1. The van der Waals surface area contributed by atoms with Gasteiger partial charge in [0.25, 0.3) is 5.56 Å². The summed E-state index contributed by atoms with van der Waals surface area (Å²) < 4.78 is 7.34. The van der Waals surface area contributed by atoms with Crippen LogP contribution in [0.25, 0.3) is 21.6 Å². The largest absolute Gasteiger partial charge is 0.508 e. The molecule has 4 aromatic rings. The highest BCUT2D eigenvalue weighted by atomic mass is 35.5. The average Bonchev–Trinajstić information content (AvgIpc) is 3.13. The number of ether oxygens (including phenoxy) is 1. The van der Waals surface area contributed by atoms with Crippen LogP contribution < -0.4 is 5.56 Å². The summed E-state index contributed by atoms with van der Waals surface area (Å²) in [6, 6.07) is 14.5. The minimum atomic E-state index is -0.0110. The van der Waals surface area contributed by atoms with E-state index in [-0.39, 0.29) is 11.3 Å². The predicted molar refractivity (Wildman–Crippen MR) is 119 cm³/mol. The maximum absolute atomic E-state index is 13.6. The molecular weight excluding hydrogens is 420 g/mol. The van der Waals surface area contributed by atoms with Crippen LogP contribution in [0.1, 0.15) is 16.0 Å². The summed E-state index contributed by atoms with van der Waals surface area (Å²) in [7, 11) is 0. The van der Waals surface area contributed by atoms with Crippen molar-refractivity contribution in [3.8, 4) is 17.1 Å². The molecular formula is C23H19ClN2O3S. The number of hydrogen-bond acceptors (Lipinski definition) is 5. The zero-order chi connectivity index (χ0) is 20.7. The van der Waals surface area contributed by atoms with E-state index in [1.165, 1.54) is 0 Å². The molecule has 0 aliphatic carbocycles. The third-order valence-corrected chi connectivity index (χ3v) is 6.74. The topological polar surface area (TPSA) is 64.4 Å². The van der Waals surface area contributed by atoms with E-state index < -0.39 is 0 Å². The zero-order valence-electron chi connectivity index (χ0n) is 16.1. The summed E-state index contributed by atoms with van der Waals surface area (Å²) in [5.41, 5.74) is 2.97. The Morgan fingerprint density at radius 1 is 1.13 bits per heavy atom. The minimum Gasteiger partial charge on any atom is -0.508 e. The van der Waals surface area contributed by atoms with Crippen LogP contribution in [0.5, 0.6) is 5.75 Å². The van der Waals surface area contributed by atoms with Gasteiger partial charge in [-0.15, -0.1) is 11.3 Å². The van der Waals surface area contributed by atoms with Crippen molar-refractivity contribution in [2.45, 2.75) is 26.0 Å². The number of halogens is 1. The quantitative estimate of drug-likeness (QED) is 0.497. The van der Waals surface area contributed by atoms with Crippen molar-refractivity contribution in [2.24, 2.45) is 0 Å². The van der Waals surface area contributed by atoms with Gasteiger partial charge in [-0.05, 0) is 60.4 Å². The molecule has 0 atom stereocenters. The van der Waals surface area contributed by atoms with Crippen LogP contribution >= 0.6 is 22.9 Å². The molecule has 0 bridgehead atoms. The Morgan fingerprint density at radius 2 is 1.90 bits per heavy atom. The van der Waals surface area contributed by atoms with Crippen LogP contribution in [-0.4, -0.2) is 21.3 Å². The first-order valence-corrected chi connectivity index (χ1v) is 11.0. The lowest BCUT2D eigenvalue weighted by molar-refractivity contribution is 0.114. The molecule has 1 aliphatic heterocycles. The van der Waals surface area contributed by atoms with Crippen molar-refractivity contribution in [1.29, 1.82) is 0 Å². The second kappa shape index (κ2) is 7.87. The molecule has 1 N–H and O–H groups in total. The summed E-state index contributed by atoms with van der Waals surface area (Å²) in [4.78, 5) is 20.4. The molecule has 2 aromatic heterocycles. The number of aromatic nitrogens is 2. The molecule has 0 radical (unpaired) electrons. The highest BCUT2D eigenvalue weighted by molar-refractivity contribution is 7.18. The molecule has 3 heterocycles. The number of phenolic OH excluding ortho intramolecular Hbond substituents is 1. The second-order valence-electron chi connectivity index (χ2n) is 7.30. The highest BCUT2D eigenvalue weighted by Crippen LogP contribution is 2.33. The highest BCUT2D eigenvalue weighted by Gasteiger charge is 2.23. The van der Waals surface area contributed by atoms with E-state index in [2.05, 4.69) is 0 Å². The predicted octanol–water partition coefficient (Wildman–Crippen LogP) is 4.80. The Bertz CT molecular complexity index is 1280. The van der Waals surface area contributed by atoms with Gasteiger partial charge in [0.05, 0.1) is 18.6 Å². The third kappa shape index (κ3) is 3.51. The van der Waals surface area contributed by atoms with Gasteiger partial charge in [-0.25, -0.2) is 4.98 Å². The molecule has 5 rings (SSSR count). The lowest BCUT2D eigenvalue weighted by Gasteiger charge is -2.14. The first kappa shape index (κ1) is 19.3. The fourth-order valence-corrected chi connectivity index (χ4v) is 5.11. The molecule has 0 unspecified atom stereocenters. The van der Waals surface area contributed by atoms with E-state index in [1.54, 1.807) is 28.0 Å². The van der Waals surface area contributed by atoms with Gasteiger partial charge in [0.1, 0.15) is 16.4 Å². The Labute approximate surface area is 182 Å². The average molecular weight is 439 g/mol. The molecule has 7 heteroatoms. The van der Waals surface area contributed by atoms with Gasteiger partial charge in [0.15, 0.2) is 0 Å². The number of aryl methyl sites for hydroxylation is 1. The number of rotatable bonds is 4. The van der Waals surface area contributed by atoms with Crippen LogP contribution in [0.15, 0.2) is 53.3 Å². The van der Waals surface area contributed by atoms with Crippen LogP contribution in [0.3, 0.4) is 0 Å². The van der Waals surface area contributed by atoms with Gasteiger partial charge in [0.2, 0.25) is 0 Å². The summed E-state index contributed by atoms with van der Waals surface area (Å²) in [6.07, 6.45) is 1.40. The number of hydrogen-bond donors (Lipinski definition) is 1. The maximum Gasteiger partial charge on any atom is 0.262 e. The monoisotopic (exact) mass is 438 g/mol. The first-order chi connectivity index (χ1) is 14.6. The number of fused-ring (bicyclic) bond motifs is 3. The minimum absolute atomic E-state index is 0.0110. The molecule has 152 valence electrons. The number of nitrogens with zero attached hydrogens (tertiary/aromatic N) is 2. The molecule has 0 spiro atoms. The molecule has 0 amide bonds. The summed E-state index contributed by atoms with van der Waals surface area (Å²) in [6.45, 7) is 1.66. The number of thiophene rings is 1. The zero-order valence-corrected chi connectivity index (χ0v) is 17.7. The van der Waals surface area contributed by atoms with Gasteiger partial charge >= 0.3 is 0 Å². The fraction of sp³-hybridized carbons (Fsp3) is 0.217. The molecule has 1 aliphatic rings. The summed E-state index contributed by atoms with van der Waals surface area (Å²) in [5, 5.41) is 10.9. The second-order valence-corrected chi connectivity index (χ2v) is 8.82. The number of benzene rings is 2. The van der Waals surface area contributed by atoms with E-state index in [4.69, 9.17) is 21.3 Å². The molecule has 0 saturated heterocycles. The van der Waals surface area contributed by atoms with Crippen LogP contribution in [0, 0.1) is 0 Å². The van der Waals surface area contributed by atoms with Crippen LogP contribution in [0.2, 0.25) is 5.02 Å². The van der Waals surface area contributed by atoms with Crippen molar-refractivity contribution in [2.75, 3.05) is 6.61 Å². The van der Waals surface area contributed by atoms with E-state index in [1.807, 2.05) is 36.4 Å². The van der Waals surface area contributed by atoms with Gasteiger partial charge in [-0.2, -0.15) is 0 Å². The summed E-state index contributed by atoms with van der Waals surface area (Å²) in [5.74, 6) is 0.871. The van der Waals surface area contributed by atoms with Gasteiger partial charge in [0, 0.05) is 22.0 Å². The Balaban J connectivity index is 1.65. The molecule has 30 heavy (non-hydrogen) atoms. The maximum atomic E-state index is 13.6. The Hall–Kier alpha value is -2.67. The smallest absolute Gasteiger partial charge is 0.262 e. The van der Waals surface area contributed by atoms with E-state index in [9.17, 15) is 9.90 Å². The summed E-state index contributed by atoms with van der Waals surface area (Å²) >= 11 is 7.61. The molecule has 0 fully saturated rings. The third-order valence-electron chi connectivity index (χ3n) is 5.39. The fourth-order valence-electron chi connectivity index (χ4n) is 3.84. The molecule has 5 nitrogen and oxygen atoms in total. The van der Waals surface area contributed by atoms with E-state index in [0.717, 1.165) is 38.2 Å². The van der Waals surface area contributed by atoms with Crippen molar-refractivity contribution < 1.29 is 9.84 Å². The van der Waals surface area contributed by atoms with Gasteiger partial charge in [-0.1, -0.05) is 23.7 Å². The SMILES string of the molecule is O=c1c2c3c(sc2nc(-c2ccc(Cl)cc2)n1CCc1ccc(O)cc1)COCC3. The van der Waals surface area contributed by atoms with Crippen LogP contribution in [0.4, 0.5) is 0 Å². The van der Waals surface area contributed by atoms with Gasteiger partial charge in [-0.3, -0.25) is 9.36 Å². The van der Waals surface area contributed by atoms with Crippen LogP contribution in [-0.2, 0) is 30.7 Å². The standard InChI is InChI=1S/C23H19ClN2O3S/c24-16-5-3-15(4-6-16)21-25-22-20(18-10-12-29-13-19(18)30-22)23(28)26(21)11-9-14-1-7-17(27)8-2-14/h1-8,27H,9-13H2. The normalized spacial score (nSPS) is 13.5. The lowest BCUT2D eigenvalue weighted by Crippen LogP contribution is -2.25. The van der Waals surface area contributed by atoms with Crippen molar-refractivity contribution in [3.05, 3.63) is 79.9 Å². The number of aromatic hydroxyl groups is 1. The van der Waals surface area contributed by atoms with E-state index >= 15 is 0 Å². The van der Waals surface area contributed by atoms with Gasteiger partial charge < -0.3 is 9.84 Å². The van der Waals surface area contributed by atoms with E-state index in [0.29, 0.717) is 37.0 Å². The first-order valence-electron chi connectivity index (χ1n) is 9.77. The van der Waals surface area contributed by atoms with Crippen molar-refractivity contribution >= 4 is 33.2 Å².